The molecule has 1 aliphatic carbocycles. The number of hydrogen-bond acceptors (Lipinski definition) is 5. The molecule has 23 heavy (non-hydrogen) atoms. The summed E-state index contributed by atoms with van der Waals surface area (Å²) in [6, 6.07) is 13.3. The zero-order chi connectivity index (χ0) is 17.0. The Morgan fingerprint density at radius 1 is 1.04 bits per heavy atom. The summed E-state index contributed by atoms with van der Waals surface area (Å²) in [6.07, 6.45) is 3.86. The summed E-state index contributed by atoms with van der Waals surface area (Å²) in [4.78, 5) is 0. The van der Waals surface area contributed by atoms with E-state index in [-0.39, 0.29) is 5.76 Å². The van der Waals surface area contributed by atoms with Gasteiger partial charge in [0.25, 0.3) is 0 Å². The molecule has 1 aliphatic rings. The predicted molar refractivity (Wildman–Crippen MR) is 91.7 cm³/mol. The van der Waals surface area contributed by atoms with Crippen molar-refractivity contribution in [2.24, 2.45) is 17.4 Å². The fourth-order valence-electron chi connectivity index (χ4n) is 2.65. The number of fused-ring (bicyclic) bond motifs is 1. The second kappa shape index (κ2) is 6.83. The molecule has 2 aromatic carbocycles. The summed E-state index contributed by atoms with van der Waals surface area (Å²) in [5.41, 5.74) is 10.1. The van der Waals surface area contributed by atoms with Gasteiger partial charge < -0.3 is 26.8 Å². The third-order valence-electron chi connectivity index (χ3n) is 3.76. The number of aromatic hydroxyl groups is 1. The Morgan fingerprint density at radius 2 is 1.70 bits per heavy atom. The molecular weight excluding hydrogens is 292 g/mol. The second-order valence-electron chi connectivity index (χ2n) is 5.67. The predicted octanol–water partition coefficient (Wildman–Crippen LogP) is 2.15. The van der Waals surface area contributed by atoms with Gasteiger partial charge in [-0.1, -0.05) is 42.5 Å². The Hall–Kier alpha value is -2.34. The number of benzene rings is 2. The van der Waals surface area contributed by atoms with Gasteiger partial charge in [0.1, 0.15) is 11.5 Å². The molecule has 0 heterocycles. The maximum absolute atomic E-state index is 9.37. The van der Waals surface area contributed by atoms with Gasteiger partial charge in [0, 0.05) is 5.39 Å². The lowest BCUT2D eigenvalue weighted by atomic mass is 9.84. The summed E-state index contributed by atoms with van der Waals surface area (Å²) in [5.74, 6) is -0.247. The summed E-state index contributed by atoms with van der Waals surface area (Å²) in [5, 5.41) is 30.0. The van der Waals surface area contributed by atoms with Gasteiger partial charge in [-0.3, -0.25) is 0 Å². The maximum Gasteiger partial charge on any atom is 0.123 e. The first kappa shape index (κ1) is 17.0. The van der Waals surface area contributed by atoms with Gasteiger partial charge in [0.05, 0.1) is 17.7 Å². The van der Waals surface area contributed by atoms with Gasteiger partial charge >= 0.3 is 0 Å². The molecule has 5 nitrogen and oxygen atoms in total. The molecular formula is C18H22N2O3. The van der Waals surface area contributed by atoms with Crippen LogP contribution >= 0.6 is 0 Å². The number of aliphatic hydroxyl groups excluding tert-OH is 2. The highest BCUT2D eigenvalue weighted by Crippen LogP contribution is 2.25. The van der Waals surface area contributed by atoms with Gasteiger partial charge in [-0.25, -0.2) is 0 Å². The van der Waals surface area contributed by atoms with Gasteiger partial charge in [-0.2, -0.15) is 0 Å². The minimum atomic E-state index is -1.16. The van der Waals surface area contributed by atoms with Crippen molar-refractivity contribution in [3.63, 3.8) is 0 Å². The SMILES string of the molecule is CC(O)C1C(O)=CC=CC1(N)N.Oc1cccc2ccccc12. The van der Waals surface area contributed by atoms with Crippen LogP contribution in [0.2, 0.25) is 0 Å². The molecule has 0 aromatic heterocycles. The van der Waals surface area contributed by atoms with Crippen LogP contribution in [-0.4, -0.2) is 27.1 Å². The van der Waals surface area contributed by atoms with Crippen molar-refractivity contribution in [2.45, 2.75) is 18.7 Å². The number of phenols is 1. The number of rotatable bonds is 1. The van der Waals surface area contributed by atoms with E-state index in [0.717, 1.165) is 10.8 Å². The van der Waals surface area contributed by atoms with Crippen molar-refractivity contribution in [1.29, 1.82) is 0 Å². The minimum Gasteiger partial charge on any atom is -0.512 e. The quantitative estimate of drug-likeness (QED) is 0.518. The summed E-state index contributed by atoms with van der Waals surface area (Å²) in [7, 11) is 0. The largest absolute Gasteiger partial charge is 0.512 e. The van der Waals surface area contributed by atoms with Gasteiger partial charge in [-0.05, 0) is 30.5 Å². The van der Waals surface area contributed by atoms with E-state index in [9.17, 15) is 15.3 Å². The van der Waals surface area contributed by atoms with Gasteiger partial charge in [-0.15, -0.1) is 0 Å². The molecule has 2 atom stereocenters. The third-order valence-corrected chi connectivity index (χ3v) is 3.76. The van der Waals surface area contributed by atoms with Crippen LogP contribution in [0.5, 0.6) is 5.75 Å². The van der Waals surface area contributed by atoms with E-state index in [2.05, 4.69) is 0 Å². The zero-order valence-electron chi connectivity index (χ0n) is 12.9. The highest BCUT2D eigenvalue weighted by atomic mass is 16.3. The second-order valence-corrected chi connectivity index (χ2v) is 5.67. The normalized spacial score (nSPS) is 20.3. The van der Waals surface area contributed by atoms with Crippen molar-refractivity contribution in [3.8, 4) is 5.75 Å². The summed E-state index contributed by atoms with van der Waals surface area (Å²) >= 11 is 0. The molecule has 0 spiro atoms. The Kier molecular flexibility index (Phi) is 5.05. The van der Waals surface area contributed by atoms with Crippen molar-refractivity contribution in [3.05, 3.63) is 66.5 Å². The number of aliphatic hydroxyl groups is 2. The van der Waals surface area contributed by atoms with Gasteiger partial charge in [0.2, 0.25) is 0 Å². The van der Waals surface area contributed by atoms with E-state index in [4.69, 9.17) is 11.5 Å². The van der Waals surface area contributed by atoms with Crippen LogP contribution in [-0.2, 0) is 0 Å². The van der Waals surface area contributed by atoms with E-state index in [1.807, 2.05) is 36.4 Å². The van der Waals surface area contributed by atoms with E-state index < -0.39 is 17.7 Å². The van der Waals surface area contributed by atoms with Crippen LogP contribution in [0.1, 0.15) is 6.92 Å². The molecule has 0 aliphatic heterocycles. The zero-order valence-corrected chi connectivity index (χ0v) is 12.9. The fourth-order valence-corrected chi connectivity index (χ4v) is 2.65. The molecule has 0 fully saturated rings. The number of allylic oxidation sites excluding steroid dienone is 2. The van der Waals surface area contributed by atoms with Crippen molar-refractivity contribution < 1.29 is 15.3 Å². The Balaban J connectivity index is 0.000000167. The molecule has 5 heteroatoms. The Bertz CT molecular complexity index is 731. The lowest BCUT2D eigenvalue weighted by Gasteiger charge is -2.34. The number of nitrogens with two attached hydrogens (primary N) is 2. The van der Waals surface area contributed by atoms with Crippen molar-refractivity contribution in [1.82, 2.24) is 0 Å². The van der Waals surface area contributed by atoms with Crippen LogP contribution in [0.25, 0.3) is 10.8 Å². The van der Waals surface area contributed by atoms with E-state index >= 15 is 0 Å². The summed E-state index contributed by atoms with van der Waals surface area (Å²) in [6.45, 7) is 1.54. The van der Waals surface area contributed by atoms with Crippen LogP contribution in [0.4, 0.5) is 0 Å². The molecule has 0 saturated heterocycles. The number of phenolic OH excluding ortho intramolecular Hbond substituents is 1. The van der Waals surface area contributed by atoms with Crippen molar-refractivity contribution in [2.75, 3.05) is 0 Å². The molecule has 7 N–H and O–H groups in total. The highest BCUT2D eigenvalue weighted by molar-refractivity contribution is 5.87. The molecule has 2 unspecified atom stereocenters. The molecule has 0 radical (unpaired) electrons. The molecule has 0 bridgehead atoms. The van der Waals surface area contributed by atoms with E-state index in [1.165, 1.54) is 6.08 Å². The maximum atomic E-state index is 9.37. The first-order valence-electron chi connectivity index (χ1n) is 7.34. The van der Waals surface area contributed by atoms with Gasteiger partial charge in [0.15, 0.2) is 0 Å². The molecule has 0 saturated carbocycles. The summed E-state index contributed by atoms with van der Waals surface area (Å²) < 4.78 is 0. The van der Waals surface area contributed by atoms with Crippen LogP contribution < -0.4 is 11.5 Å². The molecule has 3 rings (SSSR count). The monoisotopic (exact) mass is 314 g/mol. The Morgan fingerprint density at radius 3 is 2.26 bits per heavy atom. The standard InChI is InChI=1S/C10H8O.C8H14N2O2/c11-10-7-3-5-8-4-1-2-6-9(8)10;1-5(11)7-6(12)3-2-4-8(7,9)10/h1-7,11H;2-5,7,11-12H,9-10H2,1H3. The molecule has 122 valence electrons. The average molecular weight is 314 g/mol. The third kappa shape index (κ3) is 3.90. The smallest absolute Gasteiger partial charge is 0.123 e. The first-order valence-corrected chi connectivity index (χ1v) is 7.34. The van der Waals surface area contributed by atoms with E-state index in [0.29, 0.717) is 5.75 Å². The van der Waals surface area contributed by atoms with E-state index in [1.54, 1.807) is 25.1 Å². The molecule has 2 aromatic rings. The lowest BCUT2D eigenvalue weighted by molar-refractivity contribution is 0.0825. The topological polar surface area (TPSA) is 113 Å². The van der Waals surface area contributed by atoms with Crippen LogP contribution in [0.3, 0.4) is 0 Å². The fraction of sp³-hybridized carbons (Fsp3) is 0.222. The Labute approximate surface area is 135 Å². The number of hydrogen-bond donors (Lipinski definition) is 5. The highest BCUT2D eigenvalue weighted by Gasteiger charge is 2.36. The van der Waals surface area contributed by atoms with Crippen molar-refractivity contribution >= 4 is 10.8 Å². The minimum absolute atomic E-state index is 0.0255. The van der Waals surface area contributed by atoms with Crippen LogP contribution in [0, 0.1) is 5.92 Å². The first-order chi connectivity index (χ1) is 10.8. The average Bonchev–Trinajstić information content (AvgIpc) is 2.47. The molecule has 0 amide bonds. The van der Waals surface area contributed by atoms with Crippen LogP contribution in [0.15, 0.2) is 66.5 Å². The lowest BCUT2D eigenvalue weighted by Crippen LogP contribution is -2.58.